The maximum atomic E-state index is 9.05. The van der Waals surface area contributed by atoms with Gasteiger partial charge in [0.25, 0.3) is 0 Å². The maximum absolute atomic E-state index is 9.05. The second kappa shape index (κ2) is 6.27. The molecule has 1 unspecified atom stereocenters. The number of benzene rings is 1. The molecule has 1 atom stereocenters. The van der Waals surface area contributed by atoms with Crippen LogP contribution in [0.2, 0.25) is 4.34 Å². The number of hydrogen-bond donors (Lipinski definition) is 2. The van der Waals surface area contributed by atoms with Gasteiger partial charge < -0.3 is 10.4 Å². The normalized spacial score (nSPS) is 18.0. The summed E-state index contributed by atoms with van der Waals surface area (Å²) in [6.45, 7) is 0.955. The van der Waals surface area contributed by atoms with E-state index in [0.717, 1.165) is 22.9 Å². The predicted molar refractivity (Wildman–Crippen MR) is 84.2 cm³/mol. The highest BCUT2D eigenvalue weighted by atomic mass is 35.5. The zero-order chi connectivity index (χ0) is 13.9. The Hall–Kier alpha value is -0.870. The van der Waals surface area contributed by atoms with Crippen LogP contribution in [0.15, 0.2) is 30.3 Å². The highest BCUT2D eigenvalue weighted by molar-refractivity contribution is 7.16. The van der Waals surface area contributed by atoms with E-state index in [-0.39, 0.29) is 6.61 Å². The molecule has 0 radical (unpaired) electrons. The first-order valence-electron chi connectivity index (χ1n) is 6.96. The Morgan fingerprint density at radius 3 is 2.75 bits per heavy atom. The Bertz CT molecular complexity index is 579. The minimum absolute atomic E-state index is 0.104. The van der Waals surface area contributed by atoms with E-state index in [1.165, 1.54) is 28.8 Å². The van der Waals surface area contributed by atoms with Gasteiger partial charge in [0.2, 0.25) is 0 Å². The lowest BCUT2D eigenvalue weighted by molar-refractivity contribution is 0.282. The molecule has 0 bridgehead atoms. The smallest absolute Gasteiger partial charge is 0.0934 e. The van der Waals surface area contributed by atoms with E-state index in [4.69, 9.17) is 16.7 Å². The number of halogens is 1. The number of nitrogens with one attached hydrogen (secondary N) is 1. The Labute approximate surface area is 128 Å². The fraction of sp³-hybridized carbons (Fsp3) is 0.375. The van der Waals surface area contributed by atoms with Crippen LogP contribution in [0.5, 0.6) is 0 Å². The molecule has 2 nitrogen and oxygen atoms in total. The number of aryl methyl sites for hydroxylation is 1. The fourth-order valence-corrected chi connectivity index (χ4v) is 4.12. The summed E-state index contributed by atoms with van der Waals surface area (Å²) in [5.74, 6) is 0. The van der Waals surface area contributed by atoms with Crippen molar-refractivity contribution >= 4 is 22.9 Å². The Balaban J connectivity index is 1.66. The van der Waals surface area contributed by atoms with Crippen molar-refractivity contribution in [3.8, 4) is 0 Å². The van der Waals surface area contributed by atoms with Crippen molar-refractivity contribution in [3.63, 3.8) is 0 Å². The average molecular weight is 308 g/mol. The van der Waals surface area contributed by atoms with Gasteiger partial charge in [-0.15, -0.1) is 11.3 Å². The molecule has 106 valence electrons. The van der Waals surface area contributed by atoms with E-state index in [1.807, 2.05) is 12.1 Å². The molecular weight excluding hydrogens is 290 g/mol. The van der Waals surface area contributed by atoms with Gasteiger partial charge in [-0.1, -0.05) is 35.9 Å². The summed E-state index contributed by atoms with van der Waals surface area (Å²) in [7, 11) is 0. The summed E-state index contributed by atoms with van der Waals surface area (Å²) in [4.78, 5) is 1.44. The third kappa shape index (κ3) is 3.07. The average Bonchev–Trinajstić information content (AvgIpc) is 2.86. The first-order valence-corrected chi connectivity index (χ1v) is 8.16. The zero-order valence-corrected chi connectivity index (χ0v) is 12.8. The monoisotopic (exact) mass is 307 g/mol. The number of thiophene rings is 1. The van der Waals surface area contributed by atoms with E-state index in [1.54, 1.807) is 11.3 Å². The van der Waals surface area contributed by atoms with Crippen molar-refractivity contribution < 1.29 is 5.11 Å². The Morgan fingerprint density at radius 2 is 2.00 bits per heavy atom. The van der Waals surface area contributed by atoms with Crippen LogP contribution >= 0.6 is 22.9 Å². The Kier molecular flexibility index (Phi) is 4.41. The summed E-state index contributed by atoms with van der Waals surface area (Å²) in [5.41, 5.74) is 3.59. The summed E-state index contributed by atoms with van der Waals surface area (Å²) in [5, 5.41) is 12.7. The molecule has 1 aliphatic carbocycles. The van der Waals surface area contributed by atoms with Crippen molar-refractivity contribution in [1.29, 1.82) is 0 Å². The van der Waals surface area contributed by atoms with Crippen LogP contribution in [0, 0.1) is 0 Å². The van der Waals surface area contributed by atoms with Gasteiger partial charge in [-0.3, -0.25) is 0 Å². The molecule has 20 heavy (non-hydrogen) atoms. The number of rotatable bonds is 4. The highest BCUT2D eigenvalue weighted by Gasteiger charge is 2.22. The SMILES string of the molecule is OCc1ccc(CNC2CCCc3sc(Cl)cc32)cc1. The first-order chi connectivity index (χ1) is 9.76. The van der Waals surface area contributed by atoms with E-state index in [9.17, 15) is 0 Å². The number of aliphatic hydroxyl groups is 1. The summed E-state index contributed by atoms with van der Waals surface area (Å²) in [6, 6.07) is 10.6. The lowest BCUT2D eigenvalue weighted by Crippen LogP contribution is -2.23. The van der Waals surface area contributed by atoms with Gasteiger partial charge in [0, 0.05) is 17.5 Å². The highest BCUT2D eigenvalue weighted by Crippen LogP contribution is 2.37. The molecule has 1 heterocycles. The van der Waals surface area contributed by atoms with Gasteiger partial charge in [0.15, 0.2) is 0 Å². The lowest BCUT2D eigenvalue weighted by Gasteiger charge is -2.23. The van der Waals surface area contributed by atoms with Crippen LogP contribution in [0.25, 0.3) is 0 Å². The van der Waals surface area contributed by atoms with E-state index < -0.39 is 0 Å². The van der Waals surface area contributed by atoms with Crippen molar-refractivity contribution in [2.75, 3.05) is 0 Å². The minimum Gasteiger partial charge on any atom is -0.392 e. The van der Waals surface area contributed by atoms with Crippen molar-refractivity contribution in [1.82, 2.24) is 5.32 Å². The summed E-state index contributed by atoms with van der Waals surface area (Å²) < 4.78 is 0.899. The van der Waals surface area contributed by atoms with Crippen LogP contribution in [0.1, 0.15) is 40.5 Å². The minimum atomic E-state index is 0.104. The molecule has 1 aromatic carbocycles. The molecule has 2 aromatic rings. The predicted octanol–water partition coefficient (Wildman–Crippen LogP) is 4.06. The van der Waals surface area contributed by atoms with Crippen LogP contribution in [-0.2, 0) is 19.6 Å². The molecule has 0 spiro atoms. The molecule has 0 saturated heterocycles. The second-order valence-corrected chi connectivity index (χ2v) is 7.00. The first kappa shape index (κ1) is 14.1. The fourth-order valence-electron chi connectivity index (χ4n) is 2.74. The second-order valence-electron chi connectivity index (χ2n) is 5.23. The third-order valence-electron chi connectivity index (χ3n) is 3.84. The number of aliphatic hydroxyl groups excluding tert-OH is 1. The molecule has 0 fully saturated rings. The van der Waals surface area contributed by atoms with Crippen LogP contribution in [-0.4, -0.2) is 5.11 Å². The standard InChI is InChI=1S/C16H18ClNOS/c17-16-8-13-14(2-1-3-15(13)20-16)18-9-11-4-6-12(10-19)7-5-11/h4-8,14,18-19H,1-3,9-10H2. The van der Waals surface area contributed by atoms with Crippen LogP contribution in [0.4, 0.5) is 0 Å². The molecule has 0 aliphatic heterocycles. The van der Waals surface area contributed by atoms with E-state index >= 15 is 0 Å². The van der Waals surface area contributed by atoms with E-state index in [2.05, 4.69) is 23.5 Å². The van der Waals surface area contributed by atoms with Crippen LogP contribution in [0.3, 0.4) is 0 Å². The topological polar surface area (TPSA) is 32.3 Å². The van der Waals surface area contributed by atoms with Gasteiger partial charge in [0.1, 0.15) is 0 Å². The van der Waals surface area contributed by atoms with Crippen molar-refractivity contribution in [3.05, 3.63) is 56.2 Å². The van der Waals surface area contributed by atoms with Gasteiger partial charge in [-0.05, 0) is 42.0 Å². The zero-order valence-electron chi connectivity index (χ0n) is 11.2. The molecule has 0 saturated carbocycles. The van der Waals surface area contributed by atoms with Crippen molar-refractivity contribution in [2.24, 2.45) is 0 Å². The molecule has 4 heteroatoms. The third-order valence-corrected chi connectivity index (χ3v) is 5.18. The number of fused-ring (bicyclic) bond motifs is 1. The van der Waals surface area contributed by atoms with Gasteiger partial charge in [-0.2, -0.15) is 0 Å². The largest absolute Gasteiger partial charge is 0.392 e. The molecule has 1 aliphatic rings. The molecular formula is C16H18ClNOS. The lowest BCUT2D eigenvalue weighted by atomic mass is 9.94. The number of hydrogen-bond acceptors (Lipinski definition) is 3. The van der Waals surface area contributed by atoms with Gasteiger partial charge in [-0.25, -0.2) is 0 Å². The molecule has 2 N–H and O–H groups in total. The van der Waals surface area contributed by atoms with E-state index in [0.29, 0.717) is 6.04 Å². The maximum Gasteiger partial charge on any atom is 0.0934 e. The van der Waals surface area contributed by atoms with Gasteiger partial charge in [0.05, 0.1) is 10.9 Å². The molecule has 0 amide bonds. The van der Waals surface area contributed by atoms with Crippen molar-refractivity contribution in [2.45, 2.75) is 38.5 Å². The Morgan fingerprint density at radius 1 is 1.25 bits per heavy atom. The molecule has 1 aromatic heterocycles. The quantitative estimate of drug-likeness (QED) is 0.892. The molecule has 3 rings (SSSR count). The summed E-state index contributed by atoms with van der Waals surface area (Å²) in [6.07, 6.45) is 3.57. The summed E-state index contributed by atoms with van der Waals surface area (Å²) >= 11 is 7.85. The van der Waals surface area contributed by atoms with Gasteiger partial charge >= 0.3 is 0 Å². The van der Waals surface area contributed by atoms with Crippen LogP contribution < -0.4 is 5.32 Å².